The largest absolute Gasteiger partial charge is 0.462 e. The van der Waals surface area contributed by atoms with Crippen molar-refractivity contribution in [1.82, 2.24) is 0 Å². The lowest BCUT2D eigenvalue weighted by molar-refractivity contribution is 0.0526. The van der Waals surface area contributed by atoms with Crippen LogP contribution in [0.2, 0.25) is 0 Å². The second-order valence-electron chi connectivity index (χ2n) is 6.24. The molecule has 3 heteroatoms. The summed E-state index contributed by atoms with van der Waals surface area (Å²) in [6.07, 6.45) is 5.14. The van der Waals surface area contributed by atoms with Crippen LogP contribution < -0.4 is 5.32 Å². The van der Waals surface area contributed by atoms with Gasteiger partial charge in [-0.3, -0.25) is 0 Å². The van der Waals surface area contributed by atoms with Gasteiger partial charge in [0.05, 0.1) is 12.2 Å². The molecule has 21 heavy (non-hydrogen) atoms. The standard InChI is InChI=1S/C18H27NO2/c1-4-21-18(20)14-8-7-9-15(12-14)19-17-11-6-5-10-16(17)13(2)3/h7-9,12-13,16-17,19H,4-6,10-11H2,1-3H3. The van der Waals surface area contributed by atoms with Crippen LogP contribution in [0.5, 0.6) is 0 Å². The van der Waals surface area contributed by atoms with Crippen molar-refractivity contribution in [3.8, 4) is 0 Å². The molecule has 0 spiro atoms. The van der Waals surface area contributed by atoms with Crippen LogP contribution in [-0.2, 0) is 4.74 Å². The lowest BCUT2D eigenvalue weighted by Crippen LogP contribution is -2.35. The summed E-state index contributed by atoms with van der Waals surface area (Å²) in [4.78, 5) is 11.8. The Bertz CT molecular complexity index is 470. The molecule has 0 saturated heterocycles. The van der Waals surface area contributed by atoms with Gasteiger partial charge in [0.15, 0.2) is 0 Å². The summed E-state index contributed by atoms with van der Waals surface area (Å²) in [7, 11) is 0. The van der Waals surface area contributed by atoms with E-state index in [2.05, 4.69) is 19.2 Å². The summed E-state index contributed by atoms with van der Waals surface area (Å²) in [5.74, 6) is 1.16. The molecule has 0 radical (unpaired) electrons. The maximum atomic E-state index is 11.8. The average Bonchev–Trinajstić information content (AvgIpc) is 2.48. The zero-order valence-corrected chi connectivity index (χ0v) is 13.4. The molecule has 1 aromatic rings. The zero-order valence-electron chi connectivity index (χ0n) is 13.4. The Morgan fingerprint density at radius 1 is 1.33 bits per heavy atom. The third-order valence-electron chi connectivity index (χ3n) is 4.40. The second kappa shape index (κ2) is 7.48. The first-order valence-corrected chi connectivity index (χ1v) is 8.15. The van der Waals surface area contributed by atoms with E-state index in [0.717, 1.165) is 5.69 Å². The van der Waals surface area contributed by atoms with Gasteiger partial charge in [0.25, 0.3) is 0 Å². The predicted molar refractivity (Wildman–Crippen MR) is 86.6 cm³/mol. The fourth-order valence-corrected chi connectivity index (χ4v) is 3.30. The average molecular weight is 289 g/mol. The van der Waals surface area contributed by atoms with Gasteiger partial charge in [-0.2, -0.15) is 0 Å². The number of rotatable bonds is 5. The third kappa shape index (κ3) is 4.23. The van der Waals surface area contributed by atoms with Crippen LogP contribution in [0.15, 0.2) is 24.3 Å². The molecule has 1 aromatic carbocycles. The SMILES string of the molecule is CCOC(=O)c1cccc(NC2CCCCC2C(C)C)c1. The van der Waals surface area contributed by atoms with Crippen molar-refractivity contribution in [3.63, 3.8) is 0 Å². The van der Waals surface area contributed by atoms with Gasteiger partial charge < -0.3 is 10.1 Å². The number of hydrogen-bond donors (Lipinski definition) is 1. The fraction of sp³-hybridized carbons (Fsp3) is 0.611. The molecule has 1 fully saturated rings. The molecule has 0 aromatic heterocycles. The monoisotopic (exact) mass is 289 g/mol. The second-order valence-corrected chi connectivity index (χ2v) is 6.24. The van der Waals surface area contributed by atoms with Crippen LogP contribution in [0.25, 0.3) is 0 Å². The molecule has 0 aliphatic heterocycles. The van der Waals surface area contributed by atoms with E-state index in [-0.39, 0.29) is 5.97 Å². The minimum Gasteiger partial charge on any atom is -0.462 e. The smallest absolute Gasteiger partial charge is 0.338 e. The molecule has 0 heterocycles. The Morgan fingerprint density at radius 3 is 2.81 bits per heavy atom. The van der Waals surface area contributed by atoms with E-state index in [1.165, 1.54) is 25.7 Å². The van der Waals surface area contributed by atoms with Crippen molar-refractivity contribution in [2.24, 2.45) is 11.8 Å². The van der Waals surface area contributed by atoms with Crippen molar-refractivity contribution in [2.45, 2.75) is 52.5 Å². The number of ether oxygens (including phenoxy) is 1. The van der Waals surface area contributed by atoms with Crippen LogP contribution >= 0.6 is 0 Å². The van der Waals surface area contributed by atoms with Crippen molar-refractivity contribution >= 4 is 11.7 Å². The van der Waals surface area contributed by atoms with Gasteiger partial charge in [-0.25, -0.2) is 4.79 Å². The quantitative estimate of drug-likeness (QED) is 0.812. The molecule has 1 aliphatic rings. The highest BCUT2D eigenvalue weighted by Gasteiger charge is 2.27. The molecule has 0 bridgehead atoms. The molecule has 2 rings (SSSR count). The Morgan fingerprint density at radius 2 is 2.10 bits per heavy atom. The van der Waals surface area contributed by atoms with Crippen molar-refractivity contribution in [1.29, 1.82) is 0 Å². The first-order valence-electron chi connectivity index (χ1n) is 8.15. The highest BCUT2D eigenvalue weighted by molar-refractivity contribution is 5.90. The van der Waals surface area contributed by atoms with Gasteiger partial charge in [0.2, 0.25) is 0 Å². The number of esters is 1. The molecule has 2 unspecified atom stereocenters. The molecule has 1 N–H and O–H groups in total. The third-order valence-corrected chi connectivity index (χ3v) is 4.40. The van der Waals surface area contributed by atoms with Crippen molar-refractivity contribution < 1.29 is 9.53 Å². The predicted octanol–water partition coefficient (Wildman–Crippen LogP) is 4.49. The van der Waals surface area contributed by atoms with Gasteiger partial charge in [-0.05, 0) is 49.8 Å². The van der Waals surface area contributed by atoms with Crippen LogP contribution in [0.3, 0.4) is 0 Å². The lowest BCUT2D eigenvalue weighted by Gasteiger charge is -2.35. The summed E-state index contributed by atoms with van der Waals surface area (Å²) >= 11 is 0. The molecule has 116 valence electrons. The molecule has 0 amide bonds. The van der Waals surface area contributed by atoms with Crippen LogP contribution in [-0.4, -0.2) is 18.6 Å². The molecule has 2 atom stereocenters. The summed E-state index contributed by atoms with van der Waals surface area (Å²) in [6, 6.07) is 8.18. The number of carbonyl (C=O) groups excluding carboxylic acids is 1. The molecular weight excluding hydrogens is 262 g/mol. The minimum absolute atomic E-state index is 0.245. The van der Waals surface area contributed by atoms with E-state index in [1.807, 2.05) is 31.2 Å². The van der Waals surface area contributed by atoms with Gasteiger partial charge in [0, 0.05) is 11.7 Å². The Balaban J connectivity index is 2.07. The van der Waals surface area contributed by atoms with E-state index in [1.54, 1.807) is 0 Å². The summed E-state index contributed by atoms with van der Waals surface area (Å²) < 4.78 is 5.07. The Labute approximate surface area is 128 Å². The minimum atomic E-state index is -0.245. The van der Waals surface area contributed by atoms with Gasteiger partial charge in [-0.15, -0.1) is 0 Å². The normalized spacial score (nSPS) is 22.1. The highest BCUT2D eigenvalue weighted by Crippen LogP contribution is 2.32. The number of carbonyl (C=O) groups is 1. The van der Waals surface area contributed by atoms with Crippen LogP contribution in [0.1, 0.15) is 56.8 Å². The Kier molecular flexibility index (Phi) is 5.66. The van der Waals surface area contributed by atoms with Gasteiger partial charge in [0.1, 0.15) is 0 Å². The lowest BCUT2D eigenvalue weighted by atomic mass is 9.78. The molecule has 1 saturated carbocycles. The van der Waals surface area contributed by atoms with Crippen molar-refractivity contribution in [3.05, 3.63) is 29.8 Å². The highest BCUT2D eigenvalue weighted by atomic mass is 16.5. The Hall–Kier alpha value is -1.51. The number of anilines is 1. The zero-order chi connectivity index (χ0) is 15.2. The van der Waals surface area contributed by atoms with E-state index < -0.39 is 0 Å². The van der Waals surface area contributed by atoms with E-state index >= 15 is 0 Å². The topological polar surface area (TPSA) is 38.3 Å². The number of hydrogen-bond acceptors (Lipinski definition) is 3. The maximum absolute atomic E-state index is 11.8. The van der Waals surface area contributed by atoms with Gasteiger partial charge >= 0.3 is 5.97 Å². The number of benzene rings is 1. The van der Waals surface area contributed by atoms with Crippen LogP contribution in [0, 0.1) is 11.8 Å². The molecular formula is C18H27NO2. The van der Waals surface area contributed by atoms with E-state index in [0.29, 0.717) is 30.0 Å². The first-order chi connectivity index (χ1) is 10.1. The van der Waals surface area contributed by atoms with E-state index in [9.17, 15) is 4.79 Å². The maximum Gasteiger partial charge on any atom is 0.338 e. The molecule has 3 nitrogen and oxygen atoms in total. The van der Waals surface area contributed by atoms with Crippen LogP contribution in [0.4, 0.5) is 5.69 Å². The summed E-state index contributed by atoms with van der Waals surface area (Å²) in [5, 5.41) is 3.64. The van der Waals surface area contributed by atoms with E-state index in [4.69, 9.17) is 4.74 Å². The fourth-order valence-electron chi connectivity index (χ4n) is 3.30. The summed E-state index contributed by atoms with van der Waals surface area (Å²) in [5.41, 5.74) is 1.65. The van der Waals surface area contributed by atoms with Crippen molar-refractivity contribution in [2.75, 3.05) is 11.9 Å². The molecule has 1 aliphatic carbocycles. The van der Waals surface area contributed by atoms with Gasteiger partial charge in [-0.1, -0.05) is 32.8 Å². The summed E-state index contributed by atoms with van der Waals surface area (Å²) in [6.45, 7) is 6.85. The first kappa shape index (κ1) is 15.9. The number of nitrogens with one attached hydrogen (secondary N) is 1.